The molecular weight excluding hydrogens is 536 g/mol. The number of benzene rings is 1. The molecule has 222 valence electrons. The lowest BCUT2D eigenvalue weighted by Gasteiger charge is -2.19. The molecule has 0 spiro atoms. The lowest BCUT2D eigenvalue weighted by molar-refractivity contribution is -0.121. The highest BCUT2D eigenvalue weighted by atomic mass is 16.5. The number of hydrogen-bond donors (Lipinski definition) is 3. The number of aromatic nitrogens is 1. The highest BCUT2D eigenvalue weighted by molar-refractivity contribution is 5.83. The average Bonchev–Trinajstić information content (AvgIpc) is 3.23. The van der Waals surface area contributed by atoms with Crippen LogP contribution in [0.25, 0.3) is 11.1 Å². The van der Waals surface area contributed by atoms with Crippen molar-refractivity contribution >= 4 is 17.5 Å². The maximum Gasteiger partial charge on any atom is 0.220 e. The fourth-order valence-corrected chi connectivity index (χ4v) is 5.29. The summed E-state index contributed by atoms with van der Waals surface area (Å²) in [6, 6.07) is 12.4. The molecule has 2 amide bonds. The molecule has 1 atom stereocenters. The first-order chi connectivity index (χ1) is 20.4. The van der Waals surface area contributed by atoms with Gasteiger partial charge in [-0.25, -0.2) is 0 Å². The Kier molecular flexibility index (Phi) is 10.4. The summed E-state index contributed by atoms with van der Waals surface area (Å²) in [7, 11) is 4.69. The molecule has 1 heterocycles. The number of nitrogens with one attached hydrogen (secondary N) is 3. The van der Waals surface area contributed by atoms with Gasteiger partial charge in [-0.05, 0) is 66.3 Å². The predicted octanol–water partition coefficient (Wildman–Crippen LogP) is 3.81. The minimum absolute atomic E-state index is 0.0494. The van der Waals surface area contributed by atoms with Gasteiger partial charge in [-0.15, -0.1) is 0 Å². The zero-order valence-electron chi connectivity index (χ0n) is 24.5. The first-order valence-electron chi connectivity index (χ1n) is 14.0. The van der Waals surface area contributed by atoms with E-state index in [-0.39, 0.29) is 23.3 Å². The van der Waals surface area contributed by atoms with Crippen molar-refractivity contribution in [3.8, 4) is 28.4 Å². The van der Waals surface area contributed by atoms with Crippen molar-refractivity contribution < 1.29 is 23.8 Å². The topological polar surface area (TPSA) is 128 Å². The van der Waals surface area contributed by atoms with Crippen molar-refractivity contribution in [1.29, 1.82) is 0 Å². The van der Waals surface area contributed by atoms with E-state index in [0.717, 1.165) is 22.4 Å². The van der Waals surface area contributed by atoms with Crippen LogP contribution < -0.4 is 35.6 Å². The molecule has 1 aliphatic carbocycles. The molecule has 10 nitrogen and oxygen atoms in total. The molecule has 10 heteroatoms. The summed E-state index contributed by atoms with van der Waals surface area (Å²) < 4.78 is 17.0. The monoisotopic (exact) mass is 574 g/mol. The molecule has 1 aliphatic rings. The van der Waals surface area contributed by atoms with E-state index in [1.807, 2.05) is 30.3 Å². The lowest BCUT2D eigenvalue weighted by Crippen LogP contribution is -2.26. The Morgan fingerprint density at radius 3 is 2.50 bits per heavy atom. The fraction of sp³-hybridized carbons (Fsp3) is 0.375. The van der Waals surface area contributed by atoms with E-state index in [1.54, 1.807) is 39.7 Å². The molecule has 0 unspecified atom stereocenters. The lowest BCUT2D eigenvalue weighted by atomic mass is 9.95. The van der Waals surface area contributed by atoms with Crippen molar-refractivity contribution in [3.63, 3.8) is 0 Å². The van der Waals surface area contributed by atoms with Gasteiger partial charge < -0.3 is 30.2 Å². The van der Waals surface area contributed by atoms with Gasteiger partial charge in [0.2, 0.25) is 23.0 Å². The standard InChI is InChI=1S/C32H38N4O6/c1-20(37)36-25-12-10-21-18-28(40-2)31(41-3)32(42-4)30(21)23-11-13-26(27(38)19-24(23)25)34-16-7-9-29(39)35-17-14-22-8-5-6-15-33-22/h5-6,8,11,13,15,18-19,25H,7,9-10,12,14,16-17H2,1-4H3,(H,34,38)(H,35,39)(H,36,37)/t25-/m0/s1. The minimum Gasteiger partial charge on any atom is -0.493 e. The molecule has 0 fully saturated rings. The quantitative estimate of drug-likeness (QED) is 0.279. The number of amides is 2. The Balaban J connectivity index is 1.55. The van der Waals surface area contributed by atoms with Gasteiger partial charge in [0, 0.05) is 50.3 Å². The van der Waals surface area contributed by atoms with Crippen LogP contribution in [0.5, 0.6) is 17.2 Å². The summed E-state index contributed by atoms with van der Waals surface area (Å²) in [4.78, 5) is 42.1. The minimum atomic E-state index is -0.380. The number of rotatable bonds is 12. The number of carbonyl (C=O) groups is 2. The van der Waals surface area contributed by atoms with E-state index in [2.05, 4.69) is 20.9 Å². The van der Waals surface area contributed by atoms with Crippen LogP contribution in [-0.4, -0.2) is 51.2 Å². The highest BCUT2D eigenvalue weighted by Crippen LogP contribution is 2.50. The number of methoxy groups -OCH3 is 3. The zero-order valence-corrected chi connectivity index (χ0v) is 24.5. The third-order valence-electron chi connectivity index (χ3n) is 7.24. The van der Waals surface area contributed by atoms with E-state index in [9.17, 15) is 14.4 Å². The van der Waals surface area contributed by atoms with Crippen LogP contribution in [0, 0.1) is 0 Å². The molecule has 3 N–H and O–H groups in total. The third-order valence-corrected chi connectivity index (χ3v) is 7.24. The largest absolute Gasteiger partial charge is 0.493 e. The smallest absolute Gasteiger partial charge is 0.220 e. The van der Waals surface area contributed by atoms with E-state index in [1.165, 1.54) is 6.92 Å². The normalized spacial score (nSPS) is 13.6. The predicted molar refractivity (Wildman–Crippen MR) is 161 cm³/mol. The Labute approximate surface area is 245 Å². The molecule has 0 saturated heterocycles. The Morgan fingerprint density at radius 1 is 1.00 bits per heavy atom. The maximum atomic E-state index is 13.4. The Hall–Kier alpha value is -4.60. The van der Waals surface area contributed by atoms with E-state index >= 15 is 0 Å². The number of pyridine rings is 1. The highest BCUT2D eigenvalue weighted by Gasteiger charge is 2.29. The van der Waals surface area contributed by atoms with E-state index in [0.29, 0.717) is 73.7 Å². The molecule has 0 saturated carbocycles. The summed E-state index contributed by atoms with van der Waals surface area (Å²) in [6.45, 7) is 2.43. The zero-order chi connectivity index (χ0) is 30.1. The van der Waals surface area contributed by atoms with Crippen LogP contribution in [0.15, 0.2) is 53.5 Å². The summed E-state index contributed by atoms with van der Waals surface area (Å²) >= 11 is 0. The number of aryl methyl sites for hydroxylation is 1. The van der Waals surface area contributed by atoms with Gasteiger partial charge in [0.15, 0.2) is 11.5 Å². The summed E-state index contributed by atoms with van der Waals surface area (Å²) in [6.07, 6.45) is 4.49. The van der Waals surface area contributed by atoms with Crippen LogP contribution in [0.4, 0.5) is 5.69 Å². The third kappa shape index (κ3) is 7.18. The van der Waals surface area contributed by atoms with Crippen molar-refractivity contribution in [2.24, 2.45) is 0 Å². The second kappa shape index (κ2) is 14.3. The SMILES string of the molecule is COc1cc2c(c(OC)c1OC)-c1ccc(NCCCC(=O)NCCc3ccccn3)c(=O)cc1[C@@H](NC(C)=O)CC2. The summed E-state index contributed by atoms with van der Waals surface area (Å²) in [5, 5.41) is 9.12. The van der Waals surface area contributed by atoms with Gasteiger partial charge in [0.25, 0.3) is 0 Å². The number of nitrogens with zero attached hydrogens (tertiary/aromatic N) is 1. The summed E-state index contributed by atoms with van der Waals surface area (Å²) in [5.41, 5.74) is 4.32. The second-order valence-corrected chi connectivity index (χ2v) is 10.0. The van der Waals surface area contributed by atoms with Gasteiger partial charge in [0.1, 0.15) is 0 Å². The molecular formula is C32H38N4O6. The van der Waals surface area contributed by atoms with Crippen molar-refractivity contribution in [2.75, 3.05) is 39.7 Å². The number of carbonyl (C=O) groups excluding carboxylic acids is 2. The van der Waals surface area contributed by atoms with Gasteiger partial charge in [-0.2, -0.15) is 0 Å². The fourth-order valence-electron chi connectivity index (χ4n) is 5.29. The van der Waals surface area contributed by atoms with E-state index < -0.39 is 0 Å². The number of ether oxygens (including phenoxy) is 3. The van der Waals surface area contributed by atoms with Crippen LogP contribution in [-0.2, 0) is 22.4 Å². The number of hydrogen-bond acceptors (Lipinski definition) is 8. The van der Waals surface area contributed by atoms with E-state index in [4.69, 9.17) is 14.2 Å². The Bertz CT molecular complexity index is 1480. The van der Waals surface area contributed by atoms with Gasteiger partial charge in [-0.3, -0.25) is 19.4 Å². The van der Waals surface area contributed by atoms with Gasteiger partial charge in [-0.1, -0.05) is 12.1 Å². The first kappa shape index (κ1) is 30.4. The number of anilines is 1. The first-order valence-corrected chi connectivity index (χ1v) is 14.0. The summed E-state index contributed by atoms with van der Waals surface area (Å²) in [5.74, 6) is 1.26. The number of fused-ring (bicyclic) bond motifs is 3. The van der Waals surface area contributed by atoms with Crippen LogP contribution >= 0.6 is 0 Å². The van der Waals surface area contributed by atoms with Gasteiger partial charge in [0.05, 0.1) is 33.1 Å². The molecule has 3 aromatic rings. The van der Waals surface area contributed by atoms with Crippen LogP contribution in [0.3, 0.4) is 0 Å². The van der Waals surface area contributed by atoms with Crippen molar-refractivity contribution in [1.82, 2.24) is 15.6 Å². The van der Waals surface area contributed by atoms with Crippen molar-refractivity contribution in [3.05, 3.63) is 75.7 Å². The molecule has 0 aliphatic heterocycles. The Morgan fingerprint density at radius 2 is 1.81 bits per heavy atom. The molecule has 0 bridgehead atoms. The molecule has 42 heavy (non-hydrogen) atoms. The van der Waals surface area contributed by atoms with Crippen LogP contribution in [0.1, 0.15) is 49.0 Å². The van der Waals surface area contributed by atoms with Crippen molar-refractivity contribution in [2.45, 2.75) is 45.1 Å². The van der Waals surface area contributed by atoms with Crippen LogP contribution in [0.2, 0.25) is 0 Å². The molecule has 2 aromatic carbocycles. The average molecular weight is 575 g/mol. The second-order valence-electron chi connectivity index (χ2n) is 10.0. The maximum absolute atomic E-state index is 13.4. The molecule has 4 rings (SSSR count). The molecule has 1 aromatic heterocycles. The van der Waals surface area contributed by atoms with Gasteiger partial charge >= 0.3 is 0 Å². The molecule has 0 radical (unpaired) electrons.